The predicted octanol–water partition coefficient (Wildman–Crippen LogP) is 2.79. The molecule has 0 atom stereocenters. The first-order chi connectivity index (χ1) is 14.6. The van der Waals surface area contributed by atoms with E-state index >= 15 is 0 Å². The molecular weight excluding hydrogens is 382 g/mol. The van der Waals surface area contributed by atoms with Gasteiger partial charge in [-0.05, 0) is 54.9 Å². The van der Waals surface area contributed by atoms with Crippen LogP contribution in [-0.4, -0.2) is 57.1 Å². The number of benzene rings is 2. The lowest BCUT2D eigenvalue weighted by Gasteiger charge is -2.17. The molecule has 158 valence electrons. The Morgan fingerprint density at radius 3 is 2.67 bits per heavy atom. The van der Waals surface area contributed by atoms with Gasteiger partial charge < -0.3 is 25.0 Å². The Balaban J connectivity index is 1.66. The van der Waals surface area contributed by atoms with E-state index in [4.69, 9.17) is 9.47 Å². The molecule has 30 heavy (non-hydrogen) atoms. The summed E-state index contributed by atoms with van der Waals surface area (Å²) in [7, 11) is 3.07. The summed E-state index contributed by atoms with van der Waals surface area (Å²) >= 11 is 0. The zero-order valence-electron chi connectivity index (χ0n) is 17.3. The number of carbonyl (C=O) groups excluding carboxylic acids is 2. The Labute approximate surface area is 176 Å². The first kappa shape index (κ1) is 21.4. The van der Waals surface area contributed by atoms with Crippen LogP contribution in [0.2, 0.25) is 0 Å². The second-order valence-electron chi connectivity index (χ2n) is 6.91. The molecule has 1 saturated heterocycles. The molecule has 1 aliphatic heterocycles. The van der Waals surface area contributed by atoms with E-state index in [1.807, 2.05) is 23.1 Å². The van der Waals surface area contributed by atoms with Crippen LogP contribution < -0.4 is 20.1 Å². The van der Waals surface area contributed by atoms with Crippen molar-refractivity contribution in [2.75, 3.05) is 45.7 Å². The van der Waals surface area contributed by atoms with Crippen molar-refractivity contribution < 1.29 is 19.1 Å². The maximum absolute atomic E-state index is 12.6. The summed E-state index contributed by atoms with van der Waals surface area (Å²) in [6, 6.07) is 12.4. The average molecular weight is 409 g/mol. The van der Waals surface area contributed by atoms with Crippen LogP contribution in [0.4, 0.5) is 5.69 Å². The maximum Gasteiger partial charge on any atom is 0.255 e. The van der Waals surface area contributed by atoms with E-state index in [0.717, 1.165) is 31.6 Å². The van der Waals surface area contributed by atoms with Gasteiger partial charge in [-0.25, -0.2) is 0 Å². The van der Waals surface area contributed by atoms with Gasteiger partial charge in [-0.1, -0.05) is 12.1 Å². The van der Waals surface area contributed by atoms with Crippen LogP contribution in [0.25, 0.3) is 6.08 Å². The molecule has 7 nitrogen and oxygen atoms in total. The normalized spacial score (nSPS) is 14.3. The molecule has 3 rings (SSSR count). The van der Waals surface area contributed by atoms with E-state index in [1.165, 1.54) is 7.11 Å². The first-order valence-corrected chi connectivity index (χ1v) is 9.92. The third-order valence-corrected chi connectivity index (χ3v) is 4.86. The lowest BCUT2D eigenvalue weighted by atomic mass is 10.1. The number of hydrogen-bond acceptors (Lipinski definition) is 5. The van der Waals surface area contributed by atoms with Crippen molar-refractivity contribution in [3.05, 3.63) is 59.7 Å². The predicted molar refractivity (Wildman–Crippen MR) is 117 cm³/mol. The molecule has 2 N–H and O–H groups in total. The van der Waals surface area contributed by atoms with E-state index in [-0.39, 0.29) is 11.8 Å². The minimum absolute atomic E-state index is 0.00142. The third kappa shape index (κ3) is 5.61. The van der Waals surface area contributed by atoms with Crippen LogP contribution in [-0.2, 0) is 4.79 Å². The number of ether oxygens (including phenoxy) is 2. The molecule has 2 aromatic carbocycles. The summed E-state index contributed by atoms with van der Waals surface area (Å²) in [6.45, 7) is 3.23. The quantitative estimate of drug-likeness (QED) is 0.718. The second-order valence-corrected chi connectivity index (χ2v) is 6.91. The van der Waals surface area contributed by atoms with E-state index in [1.54, 1.807) is 43.5 Å². The van der Waals surface area contributed by atoms with Crippen molar-refractivity contribution in [3.8, 4) is 11.5 Å². The number of nitrogens with zero attached hydrogens (tertiary/aromatic N) is 1. The summed E-state index contributed by atoms with van der Waals surface area (Å²) in [4.78, 5) is 26.9. The number of rotatable bonds is 6. The summed E-state index contributed by atoms with van der Waals surface area (Å²) in [5, 5.41) is 6.16. The van der Waals surface area contributed by atoms with Gasteiger partial charge in [-0.3, -0.25) is 9.59 Å². The topological polar surface area (TPSA) is 79.9 Å². The van der Waals surface area contributed by atoms with Gasteiger partial charge in [0.05, 0.1) is 14.2 Å². The number of methoxy groups -OCH3 is 2. The molecule has 0 unspecified atom stereocenters. The largest absolute Gasteiger partial charge is 0.493 e. The molecule has 0 aromatic heterocycles. The highest BCUT2D eigenvalue weighted by Crippen LogP contribution is 2.28. The number of carbonyl (C=O) groups is 2. The van der Waals surface area contributed by atoms with E-state index in [9.17, 15) is 9.59 Å². The zero-order valence-corrected chi connectivity index (χ0v) is 17.3. The summed E-state index contributed by atoms with van der Waals surface area (Å²) in [5.41, 5.74) is 1.93. The van der Waals surface area contributed by atoms with Gasteiger partial charge in [-0.2, -0.15) is 0 Å². The van der Waals surface area contributed by atoms with E-state index in [0.29, 0.717) is 29.3 Å². The van der Waals surface area contributed by atoms with Crippen LogP contribution in [0.15, 0.2) is 48.5 Å². The fraction of sp³-hybridized carbons (Fsp3) is 0.304. The zero-order chi connectivity index (χ0) is 21.3. The van der Waals surface area contributed by atoms with Gasteiger partial charge >= 0.3 is 0 Å². The Bertz CT molecular complexity index is 918. The van der Waals surface area contributed by atoms with Gasteiger partial charge in [0.2, 0.25) is 5.91 Å². The molecule has 7 heteroatoms. The van der Waals surface area contributed by atoms with Crippen molar-refractivity contribution in [1.82, 2.24) is 10.2 Å². The highest BCUT2D eigenvalue weighted by atomic mass is 16.5. The van der Waals surface area contributed by atoms with Crippen molar-refractivity contribution in [2.45, 2.75) is 6.42 Å². The van der Waals surface area contributed by atoms with Gasteiger partial charge in [0.1, 0.15) is 0 Å². The van der Waals surface area contributed by atoms with E-state index in [2.05, 4.69) is 10.6 Å². The molecule has 2 aromatic rings. The Morgan fingerprint density at radius 1 is 1.03 bits per heavy atom. The van der Waals surface area contributed by atoms with Gasteiger partial charge in [0.25, 0.3) is 5.91 Å². The van der Waals surface area contributed by atoms with Gasteiger partial charge in [0, 0.05) is 37.0 Å². The molecule has 0 radical (unpaired) electrons. The molecule has 0 spiro atoms. The standard InChI is InChI=1S/C23H27N3O4/c1-29-20-9-8-18(16-21(20)30-2)23(28)25-19-6-3-5-17(15-19)7-10-22(27)26-13-4-11-24-12-14-26/h3,5-10,15-16,24H,4,11-14H2,1-2H3,(H,25,28). The lowest BCUT2D eigenvalue weighted by molar-refractivity contribution is -0.125. The number of amides is 2. The number of nitrogens with one attached hydrogen (secondary N) is 2. The smallest absolute Gasteiger partial charge is 0.255 e. The fourth-order valence-electron chi connectivity index (χ4n) is 3.24. The molecule has 0 saturated carbocycles. The highest BCUT2D eigenvalue weighted by Gasteiger charge is 2.13. The summed E-state index contributed by atoms with van der Waals surface area (Å²) in [5.74, 6) is 0.791. The Kier molecular flexibility index (Phi) is 7.45. The molecule has 0 aliphatic carbocycles. The average Bonchev–Trinajstić information content (AvgIpc) is 3.07. The SMILES string of the molecule is COc1ccc(C(=O)Nc2cccc(C=CC(=O)N3CCCNCC3)c2)cc1OC. The summed E-state index contributed by atoms with van der Waals surface area (Å²) < 4.78 is 10.5. The van der Waals surface area contributed by atoms with Crippen molar-refractivity contribution in [2.24, 2.45) is 0 Å². The molecule has 1 aliphatic rings. The van der Waals surface area contributed by atoms with Crippen LogP contribution >= 0.6 is 0 Å². The van der Waals surface area contributed by atoms with Crippen LogP contribution in [0, 0.1) is 0 Å². The number of anilines is 1. The molecule has 1 fully saturated rings. The van der Waals surface area contributed by atoms with Crippen LogP contribution in [0.5, 0.6) is 11.5 Å². The monoisotopic (exact) mass is 409 g/mol. The molecule has 1 heterocycles. The molecule has 2 amide bonds. The van der Waals surface area contributed by atoms with E-state index < -0.39 is 0 Å². The van der Waals surface area contributed by atoms with Crippen LogP contribution in [0.3, 0.4) is 0 Å². The van der Waals surface area contributed by atoms with Crippen LogP contribution in [0.1, 0.15) is 22.3 Å². The van der Waals surface area contributed by atoms with Crippen molar-refractivity contribution >= 4 is 23.6 Å². The maximum atomic E-state index is 12.6. The van der Waals surface area contributed by atoms with Crippen molar-refractivity contribution in [1.29, 1.82) is 0 Å². The van der Waals surface area contributed by atoms with Gasteiger partial charge in [0.15, 0.2) is 11.5 Å². The second kappa shape index (κ2) is 10.5. The minimum Gasteiger partial charge on any atom is -0.493 e. The highest BCUT2D eigenvalue weighted by molar-refractivity contribution is 6.04. The molecular formula is C23H27N3O4. The third-order valence-electron chi connectivity index (χ3n) is 4.86. The lowest BCUT2D eigenvalue weighted by Crippen LogP contribution is -2.32. The Hall–Kier alpha value is -3.32. The van der Waals surface area contributed by atoms with Gasteiger partial charge in [-0.15, -0.1) is 0 Å². The number of hydrogen-bond donors (Lipinski definition) is 2. The molecule has 0 bridgehead atoms. The fourth-order valence-corrected chi connectivity index (χ4v) is 3.24. The van der Waals surface area contributed by atoms with Crippen molar-refractivity contribution in [3.63, 3.8) is 0 Å². The first-order valence-electron chi connectivity index (χ1n) is 9.92. The minimum atomic E-state index is -0.259. The summed E-state index contributed by atoms with van der Waals surface area (Å²) in [6.07, 6.45) is 4.31. The Morgan fingerprint density at radius 2 is 1.87 bits per heavy atom.